The number of carbonyl (C=O) groups excluding carboxylic acids is 2. The molecule has 0 saturated heterocycles. The molecule has 2 aromatic carbocycles. The number of hydrogen-bond donors (Lipinski definition) is 0. The molecular formula is C37H44O2. The van der Waals surface area contributed by atoms with Crippen LogP contribution < -0.4 is 0 Å². The zero-order chi connectivity index (χ0) is 27.9. The fraction of sp³-hybridized carbons (Fsp3) is 0.405. The van der Waals surface area contributed by atoms with Gasteiger partial charge in [0.25, 0.3) is 0 Å². The van der Waals surface area contributed by atoms with Crippen LogP contribution >= 0.6 is 0 Å². The Morgan fingerprint density at radius 2 is 1.85 bits per heavy atom. The number of ketones is 2. The van der Waals surface area contributed by atoms with Crippen LogP contribution in [0.1, 0.15) is 86.6 Å². The van der Waals surface area contributed by atoms with Crippen LogP contribution in [0.3, 0.4) is 0 Å². The van der Waals surface area contributed by atoms with Crippen molar-refractivity contribution >= 4 is 17.6 Å². The zero-order valence-corrected chi connectivity index (χ0v) is 24.2. The molecule has 2 aliphatic carbocycles. The fourth-order valence-electron chi connectivity index (χ4n) is 6.67. The quantitative estimate of drug-likeness (QED) is 0.168. The number of allylic oxidation sites excluding steroid dienone is 6. The van der Waals surface area contributed by atoms with Crippen molar-refractivity contribution < 1.29 is 9.59 Å². The summed E-state index contributed by atoms with van der Waals surface area (Å²) in [4.78, 5) is 25.4. The molecule has 0 aromatic heterocycles. The Morgan fingerprint density at radius 3 is 2.54 bits per heavy atom. The summed E-state index contributed by atoms with van der Waals surface area (Å²) in [6.45, 7) is 11.8. The van der Waals surface area contributed by atoms with Crippen LogP contribution in [0.4, 0.5) is 0 Å². The minimum absolute atomic E-state index is 0.00297. The first kappa shape index (κ1) is 28.7. The van der Waals surface area contributed by atoms with Crippen molar-refractivity contribution in [3.63, 3.8) is 0 Å². The second-order valence-electron chi connectivity index (χ2n) is 11.7. The van der Waals surface area contributed by atoms with E-state index < -0.39 is 0 Å². The summed E-state index contributed by atoms with van der Waals surface area (Å²) in [6, 6.07) is 15.8. The highest BCUT2D eigenvalue weighted by Crippen LogP contribution is 2.42. The van der Waals surface area contributed by atoms with Crippen LogP contribution in [0.5, 0.6) is 0 Å². The first-order chi connectivity index (χ1) is 18.8. The molecule has 0 bridgehead atoms. The normalized spacial score (nSPS) is 23.5. The van der Waals surface area contributed by atoms with Crippen molar-refractivity contribution in [2.45, 2.75) is 72.1 Å². The van der Waals surface area contributed by atoms with E-state index in [1.807, 2.05) is 38.2 Å². The van der Waals surface area contributed by atoms with E-state index in [1.165, 1.54) is 27.8 Å². The molecule has 0 radical (unpaired) electrons. The number of carbonyl (C=O) groups is 2. The van der Waals surface area contributed by atoms with Gasteiger partial charge in [0.1, 0.15) is 5.78 Å². The zero-order valence-electron chi connectivity index (χ0n) is 24.2. The fourth-order valence-corrected chi connectivity index (χ4v) is 6.67. The summed E-state index contributed by atoms with van der Waals surface area (Å²) in [5.74, 6) is 1.79. The van der Waals surface area contributed by atoms with Crippen LogP contribution in [0.25, 0.3) is 6.08 Å². The number of fused-ring (bicyclic) bond motifs is 1. The van der Waals surface area contributed by atoms with Crippen molar-refractivity contribution in [3.8, 4) is 0 Å². The van der Waals surface area contributed by atoms with Gasteiger partial charge < -0.3 is 4.79 Å². The molecule has 39 heavy (non-hydrogen) atoms. The molecule has 0 heterocycles. The Hall–Kier alpha value is -3.26. The van der Waals surface area contributed by atoms with Gasteiger partial charge in [0.2, 0.25) is 0 Å². The molecule has 5 atom stereocenters. The topological polar surface area (TPSA) is 34.1 Å². The maximum atomic E-state index is 13.2. The van der Waals surface area contributed by atoms with Crippen molar-refractivity contribution in [1.82, 2.24) is 0 Å². The van der Waals surface area contributed by atoms with Gasteiger partial charge in [0.05, 0.1) is 0 Å². The van der Waals surface area contributed by atoms with Gasteiger partial charge in [-0.25, -0.2) is 0 Å². The van der Waals surface area contributed by atoms with Gasteiger partial charge in [-0.05, 0) is 105 Å². The highest BCUT2D eigenvalue weighted by atomic mass is 16.1. The molecule has 1 fully saturated rings. The smallest absolute Gasteiger partial charge is 0.162 e. The molecule has 2 aromatic rings. The maximum Gasteiger partial charge on any atom is 0.162 e. The van der Waals surface area contributed by atoms with Gasteiger partial charge >= 0.3 is 0 Å². The Morgan fingerprint density at radius 1 is 1.08 bits per heavy atom. The van der Waals surface area contributed by atoms with Gasteiger partial charge in [0, 0.05) is 18.3 Å². The second-order valence-corrected chi connectivity index (χ2v) is 11.7. The maximum absolute atomic E-state index is 13.2. The average Bonchev–Trinajstić information content (AvgIpc) is 3.36. The Labute approximate surface area is 235 Å². The number of Topliss-reactive ketones (excluding diaryl/α,β-unsaturated/α-hetero) is 2. The number of aryl methyl sites for hydroxylation is 2. The molecule has 204 valence electrons. The molecule has 2 heteroatoms. The molecule has 0 aliphatic heterocycles. The second kappa shape index (κ2) is 13.2. The molecule has 0 spiro atoms. The van der Waals surface area contributed by atoms with Crippen LogP contribution in [-0.2, 0) is 16.0 Å². The Bertz CT molecular complexity index is 1270. The van der Waals surface area contributed by atoms with E-state index in [2.05, 4.69) is 68.1 Å². The minimum atomic E-state index is 0.00297. The predicted molar refractivity (Wildman–Crippen MR) is 164 cm³/mol. The summed E-state index contributed by atoms with van der Waals surface area (Å²) < 4.78 is 0. The third-order valence-electron chi connectivity index (χ3n) is 8.92. The summed E-state index contributed by atoms with van der Waals surface area (Å²) in [5.41, 5.74) is 7.46. The number of benzene rings is 2. The molecule has 0 amide bonds. The standard InChI is InChI=1S/C37H44O2/c1-6-8-9-26(4)37(39)36-21-17-32(24-29(36)7-2)31(22-27(5)38)16-12-28-13-19-35-33(23-28)18-20-34(35)30-14-10-25(3)11-15-30/h6-11,13-15,18-20,23,29,31-32,34,36H,2,12,16-17,21-22,24H2,1,3-5H3. The van der Waals surface area contributed by atoms with E-state index in [0.717, 1.165) is 37.7 Å². The lowest BCUT2D eigenvalue weighted by molar-refractivity contribution is -0.122. The van der Waals surface area contributed by atoms with Crippen LogP contribution in [-0.4, -0.2) is 11.6 Å². The summed E-state index contributed by atoms with van der Waals surface area (Å²) >= 11 is 0. The first-order valence-corrected chi connectivity index (χ1v) is 14.6. The number of rotatable bonds is 11. The van der Waals surface area contributed by atoms with Gasteiger partial charge in [-0.1, -0.05) is 84.5 Å². The van der Waals surface area contributed by atoms with Gasteiger partial charge in [0.15, 0.2) is 5.78 Å². The molecular weight excluding hydrogens is 476 g/mol. The highest BCUT2D eigenvalue weighted by molar-refractivity contribution is 5.97. The largest absolute Gasteiger partial charge is 0.300 e. The third-order valence-corrected chi connectivity index (χ3v) is 8.92. The Kier molecular flexibility index (Phi) is 9.73. The van der Waals surface area contributed by atoms with Crippen LogP contribution in [0, 0.1) is 30.6 Å². The molecule has 1 saturated carbocycles. The lowest BCUT2D eigenvalue weighted by Crippen LogP contribution is -2.33. The van der Waals surface area contributed by atoms with Gasteiger partial charge in [-0.2, -0.15) is 0 Å². The lowest BCUT2D eigenvalue weighted by Gasteiger charge is -2.38. The minimum Gasteiger partial charge on any atom is -0.300 e. The summed E-state index contributed by atoms with van der Waals surface area (Å²) in [5, 5.41) is 0. The first-order valence-electron chi connectivity index (χ1n) is 14.6. The highest BCUT2D eigenvalue weighted by Gasteiger charge is 2.36. The molecule has 2 nitrogen and oxygen atoms in total. The van der Waals surface area contributed by atoms with Gasteiger partial charge in [-0.3, -0.25) is 4.79 Å². The van der Waals surface area contributed by atoms with Crippen molar-refractivity contribution in [2.75, 3.05) is 0 Å². The van der Waals surface area contributed by atoms with E-state index in [0.29, 0.717) is 24.2 Å². The average molecular weight is 521 g/mol. The van der Waals surface area contributed by atoms with E-state index in [1.54, 1.807) is 6.92 Å². The molecule has 0 N–H and O–H groups in total. The lowest BCUT2D eigenvalue weighted by atomic mass is 9.66. The summed E-state index contributed by atoms with van der Waals surface area (Å²) in [7, 11) is 0. The van der Waals surface area contributed by atoms with Crippen molar-refractivity contribution in [1.29, 1.82) is 0 Å². The monoisotopic (exact) mass is 520 g/mol. The molecule has 2 aliphatic rings. The van der Waals surface area contributed by atoms with E-state index in [4.69, 9.17) is 0 Å². The van der Waals surface area contributed by atoms with Crippen molar-refractivity contribution in [3.05, 3.63) is 113 Å². The molecule has 5 unspecified atom stereocenters. The van der Waals surface area contributed by atoms with E-state index in [9.17, 15) is 9.59 Å². The van der Waals surface area contributed by atoms with E-state index in [-0.39, 0.29) is 23.4 Å². The summed E-state index contributed by atoms with van der Waals surface area (Å²) in [6.07, 6.45) is 17.8. The van der Waals surface area contributed by atoms with Gasteiger partial charge in [-0.15, -0.1) is 6.58 Å². The van der Waals surface area contributed by atoms with E-state index >= 15 is 0 Å². The predicted octanol–water partition coefficient (Wildman–Crippen LogP) is 8.99. The third kappa shape index (κ3) is 7.04. The van der Waals surface area contributed by atoms with Crippen LogP contribution in [0.15, 0.2) is 85.0 Å². The Balaban J connectivity index is 1.43. The molecule has 4 rings (SSSR count). The van der Waals surface area contributed by atoms with Crippen molar-refractivity contribution in [2.24, 2.45) is 23.7 Å². The SMILES string of the molecule is C=CC1CC(C(CCc2ccc3c(c2)C=CC3c2ccc(C)cc2)CC(C)=O)CCC1C(=O)C(C)=CC=CC. The number of hydrogen-bond acceptors (Lipinski definition) is 2. The van der Waals surface area contributed by atoms with Crippen LogP contribution in [0.2, 0.25) is 0 Å².